The summed E-state index contributed by atoms with van der Waals surface area (Å²) in [5.74, 6) is -0.345. The summed E-state index contributed by atoms with van der Waals surface area (Å²) in [6.45, 7) is 11.0. The van der Waals surface area contributed by atoms with E-state index in [1.807, 2.05) is 0 Å². The van der Waals surface area contributed by atoms with Gasteiger partial charge in [0.25, 0.3) is 0 Å². The van der Waals surface area contributed by atoms with Gasteiger partial charge in [0.05, 0.1) is 19.0 Å². The molecule has 1 aliphatic rings. The van der Waals surface area contributed by atoms with Crippen LogP contribution in [-0.4, -0.2) is 55.6 Å². The number of carbonyl (C=O) groups excluding carboxylic acids is 2. The highest BCUT2D eigenvalue weighted by Crippen LogP contribution is 2.27. The summed E-state index contributed by atoms with van der Waals surface area (Å²) in [6, 6.07) is 0. The summed E-state index contributed by atoms with van der Waals surface area (Å²) in [6.07, 6.45) is -0.914. The molecule has 2 aromatic rings. The fourth-order valence-corrected chi connectivity index (χ4v) is 2.60. The molecule has 0 bridgehead atoms. The van der Waals surface area contributed by atoms with Gasteiger partial charge < -0.3 is 18.8 Å². The van der Waals surface area contributed by atoms with Gasteiger partial charge in [0.1, 0.15) is 11.2 Å². The number of aryl methyl sites for hydroxylation is 1. The van der Waals surface area contributed by atoms with E-state index in [4.69, 9.17) is 14.2 Å². The van der Waals surface area contributed by atoms with E-state index in [0.717, 1.165) is 0 Å². The molecule has 3 rings (SSSR count). The van der Waals surface area contributed by atoms with E-state index in [1.54, 1.807) is 46.1 Å². The van der Waals surface area contributed by atoms with Crippen molar-refractivity contribution in [3.8, 4) is 0 Å². The Morgan fingerprint density at radius 2 is 1.73 bits per heavy atom. The highest BCUT2D eigenvalue weighted by atomic mass is 19.1. The van der Waals surface area contributed by atoms with Crippen molar-refractivity contribution >= 4 is 29.2 Å². The lowest BCUT2D eigenvalue weighted by Gasteiger charge is -2.28. The molecule has 1 aliphatic heterocycles. The Bertz CT molecular complexity index is 931. The maximum absolute atomic E-state index is 14.3. The molecule has 3 heterocycles. The van der Waals surface area contributed by atoms with Gasteiger partial charge in [-0.05, 0) is 48.0 Å². The number of hydrogen-bond acceptors (Lipinski definition) is 8. The van der Waals surface area contributed by atoms with Crippen molar-refractivity contribution in [3.63, 3.8) is 0 Å². The molecule has 2 amide bonds. The normalized spacial score (nSPS) is 16.4. The molecule has 0 N–H and O–H groups in total. The fourth-order valence-electron chi connectivity index (χ4n) is 2.60. The summed E-state index contributed by atoms with van der Waals surface area (Å²) in [4.78, 5) is 37.9. The molecule has 1 atom stereocenters. The molecule has 0 aliphatic carbocycles. The second kappa shape index (κ2) is 7.78. The fraction of sp³-hybridized carbons (Fsp3) is 0.632. The van der Waals surface area contributed by atoms with E-state index in [1.165, 1.54) is 6.33 Å². The SMILES string of the molecule is CC(C)(C)OC(=O)N(C(=O)OC(C)(C)C)c1nc(F)nc2c1ncn2CC[C@@H]1CO1. The molecule has 0 unspecified atom stereocenters. The summed E-state index contributed by atoms with van der Waals surface area (Å²) in [5, 5.41) is 0. The Hall–Kier alpha value is -2.82. The van der Waals surface area contributed by atoms with Gasteiger partial charge >= 0.3 is 18.3 Å². The average Bonchev–Trinajstić information content (AvgIpc) is 3.29. The minimum atomic E-state index is -1.11. The molecule has 0 aromatic carbocycles. The molecule has 0 radical (unpaired) electrons. The Labute approximate surface area is 173 Å². The second-order valence-electron chi connectivity index (χ2n) is 8.97. The van der Waals surface area contributed by atoms with E-state index >= 15 is 0 Å². The van der Waals surface area contributed by atoms with E-state index in [2.05, 4.69) is 15.0 Å². The van der Waals surface area contributed by atoms with E-state index in [-0.39, 0.29) is 23.1 Å². The van der Waals surface area contributed by atoms with Crippen molar-refractivity contribution in [1.82, 2.24) is 19.5 Å². The lowest BCUT2D eigenvalue weighted by molar-refractivity contribution is 0.0429. The summed E-state index contributed by atoms with van der Waals surface area (Å²) in [5.41, 5.74) is -1.60. The number of amides is 2. The van der Waals surface area contributed by atoms with Gasteiger partial charge in [0.15, 0.2) is 17.0 Å². The van der Waals surface area contributed by atoms with Gasteiger partial charge in [-0.25, -0.2) is 14.6 Å². The topological polar surface area (TPSA) is 112 Å². The van der Waals surface area contributed by atoms with Crippen molar-refractivity contribution in [3.05, 3.63) is 12.4 Å². The zero-order chi connectivity index (χ0) is 22.3. The smallest absolute Gasteiger partial charge is 0.425 e. The predicted octanol–water partition coefficient (Wildman–Crippen LogP) is 3.43. The minimum Gasteiger partial charge on any atom is -0.443 e. The molecule has 30 heavy (non-hydrogen) atoms. The maximum atomic E-state index is 14.3. The van der Waals surface area contributed by atoms with Gasteiger partial charge in [-0.2, -0.15) is 19.3 Å². The number of nitrogens with zero attached hydrogens (tertiary/aromatic N) is 5. The van der Waals surface area contributed by atoms with Crippen molar-refractivity contribution < 1.29 is 28.2 Å². The van der Waals surface area contributed by atoms with Gasteiger partial charge in [0, 0.05) is 6.54 Å². The number of halogens is 1. The third-order valence-corrected chi connectivity index (χ3v) is 3.88. The predicted molar refractivity (Wildman–Crippen MR) is 105 cm³/mol. The Morgan fingerprint density at radius 1 is 1.17 bits per heavy atom. The van der Waals surface area contributed by atoms with Crippen LogP contribution in [0.3, 0.4) is 0 Å². The number of aromatic nitrogens is 4. The van der Waals surface area contributed by atoms with Crippen LogP contribution in [0.15, 0.2) is 6.33 Å². The van der Waals surface area contributed by atoms with Crippen molar-refractivity contribution in [2.75, 3.05) is 11.5 Å². The van der Waals surface area contributed by atoms with Gasteiger partial charge in [-0.15, -0.1) is 0 Å². The van der Waals surface area contributed by atoms with Crippen molar-refractivity contribution in [1.29, 1.82) is 0 Å². The molecule has 2 aromatic heterocycles. The Kier molecular flexibility index (Phi) is 5.68. The Morgan fingerprint density at radius 3 is 2.23 bits per heavy atom. The van der Waals surface area contributed by atoms with E-state index in [9.17, 15) is 14.0 Å². The second-order valence-corrected chi connectivity index (χ2v) is 8.97. The van der Waals surface area contributed by atoms with Crippen LogP contribution in [0.2, 0.25) is 0 Å². The monoisotopic (exact) mass is 423 g/mol. The first kappa shape index (κ1) is 21.9. The van der Waals surface area contributed by atoms with E-state index < -0.39 is 29.5 Å². The highest BCUT2D eigenvalue weighted by molar-refractivity contribution is 6.12. The van der Waals surface area contributed by atoms with Crippen LogP contribution in [0.4, 0.5) is 19.8 Å². The average molecular weight is 423 g/mol. The molecular weight excluding hydrogens is 397 g/mol. The molecular formula is C19H26FN5O5. The van der Waals surface area contributed by atoms with Gasteiger partial charge in [0.2, 0.25) is 0 Å². The zero-order valence-electron chi connectivity index (χ0n) is 17.9. The molecule has 1 fully saturated rings. The van der Waals surface area contributed by atoms with Crippen LogP contribution in [0.1, 0.15) is 48.0 Å². The van der Waals surface area contributed by atoms with Crippen LogP contribution in [0, 0.1) is 6.08 Å². The largest absolute Gasteiger partial charge is 0.443 e. The first-order chi connectivity index (χ1) is 13.8. The number of imide groups is 1. The standard InChI is InChI=1S/C19H26FN5O5/c1-18(2,3)29-16(26)25(17(27)30-19(4,5)6)14-12-13(22-15(20)23-14)24(10-21-12)8-7-11-9-28-11/h10-11H,7-9H2,1-6H3/t11-/m1/s1. The lowest BCUT2D eigenvalue weighted by atomic mass is 10.2. The number of rotatable bonds is 4. The minimum absolute atomic E-state index is 0.0739. The molecule has 0 spiro atoms. The number of fused-ring (bicyclic) bond motifs is 1. The van der Waals surface area contributed by atoms with Crippen LogP contribution in [0.25, 0.3) is 11.2 Å². The number of ether oxygens (including phenoxy) is 3. The van der Waals surface area contributed by atoms with Gasteiger partial charge in [-0.3, -0.25) is 0 Å². The third-order valence-electron chi connectivity index (χ3n) is 3.88. The number of anilines is 1. The maximum Gasteiger partial charge on any atom is 0.425 e. The summed E-state index contributed by atoms with van der Waals surface area (Å²) < 4.78 is 31.8. The number of imidazole rings is 1. The summed E-state index contributed by atoms with van der Waals surface area (Å²) >= 11 is 0. The van der Waals surface area contributed by atoms with Gasteiger partial charge in [-0.1, -0.05) is 0 Å². The molecule has 164 valence electrons. The lowest BCUT2D eigenvalue weighted by Crippen LogP contribution is -2.44. The van der Waals surface area contributed by atoms with Crippen LogP contribution in [-0.2, 0) is 20.8 Å². The highest BCUT2D eigenvalue weighted by Gasteiger charge is 2.36. The molecule has 1 saturated heterocycles. The van der Waals surface area contributed by atoms with Crippen molar-refractivity contribution in [2.45, 2.75) is 71.8 Å². The third kappa shape index (κ3) is 5.41. The van der Waals surface area contributed by atoms with Crippen LogP contribution >= 0.6 is 0 Å². The van der Waals surface area contributed by atoms with Crippen LogP contribution < -0.4 is 4.90 Å². The molecule has 11 heteroatoms. The first-order valence-electron chi connectivity index (χ1n) is 9.60. The summed E-state index contributed by atoms with van der Waals surface area (Å²) in [7, 11) is 0. The zero-order valence-corrected chi connectivity index (χ0v) is 17.9. The number of epoxide rings is 1. The first-order valence-corrected chi connectivity index (χ1v) is 9.60. The van der Waals surface area contributed by atoms with Crippen LogP contribution in [0.5, 0.6) is 0 Å². The van der Waals surface area contributed by atoms with E-state index in [0.29, 0.717) is 24.5 Å². The molecule has 0 saturated carbocycles. The quantitative estimate of drug-likeness (QED) is 0.543. The van der Waals surface area contributed by atoms with Crippen molar-refractivity contribution in [2.24, 2.45) is 0 Å². The number of hydrogen-bond donors (Lipinski definition) is 0. The molecule has 10 nitrogen and oxygen atoms in total. The number of carbonyl (C=O) groups is 2. The Balaban J connectivity index is 2.04.